The van der Waals surface area contributed by atoms with Gasteiger partial charge in [0, 0.05) is 6.20 Å². The Balaban J connectivity index is 2.92. The number of esters is 1. The SMILES string of the molecule is CCc1c[nH]c(C(=O)OC(C)C#N)c1CC. The molecule has 1 atom stereocenters. The monoisotopic (exact) mass is 220 g/mol. The predicted molar refractivity (Wildman–Crippen MR) is 60.0 cm³/mol. The van der Waals surface area contributed by atoms with Crippen LogP contribution in [-0.4, -0.2) is 17.1 Å². The van der Waals surface area contributed by atoms with Gasteiger partial charge in [0.25, 0.3) is 0 Å². The average molecular weight is 220 g/mol. The van der Waals surface area contributed by atoms with Gasteiger partial charge in [0.1, 0.15) is 11.8 Å². The van der Waals surface area contributed by atoms with Crippen molar-refractivity contribution in [3.8, 4) is 6.07 Å². The molecule has 0 saturated heterocycles. The van der Waals surface area contributed by atoms with Crippen molar-refractivity contribution in [2.45, 2.75) is 39.7 Å². The fraction of sp³-hybridized carbons (Fsp3) is 0.500. The summed E-state index contributed by atoms with van der Waals surface area (Å²) in [5, 5.41) is 8.57. The van der Waals surface area contributed by atoms with E-state index in [2.05, 4.69) is 4.98 Å². The van der Waals surface area contributed by atoms with Crippen LogP contribution in [0.1, 0.15) is 42.4 Å². The van der Waals surface area contributed by atoms with Crippen LogP contribution in [0, 0.1) is 11.3 Å². The van der Waals surface area contributed by atoms with Gasteiger partial charge in [0.2, 0.25) is 0 Å². The Morgan fingerprint density at radius 2 is 2.25 bits per heavy atom. The van der Waals surface area contributed by atoms with Crippen LogP contribution in [0.3, 0.4) is 0 Å². The van der Waals surface area contributed by atoms with Gasteiger partial charge in [-0.1, -0.05) is 13.8 Å². The Hall–Kier alpha value is -1.76. The Kier molecular flexibility index (Phi) is 4.12. The number of carbonyl (C=O) groups excluding carboxylic acids is 1. The number of nitrogens with zero attached hydrogens (tertiary/aromatic N) is 1. The number of ether oxygens (including phenoxy) is 1. The molecule has 0 aliphatic carbocycles. The van der Waals surface area contributed by atoms with E-state index >= 15 is 0 Å². The molecule has 0 amide bonds. The van der Waals surface area contributed by atoms with Crippen LogP contribution >= 0.6 is 0 Å². The van der Waals surface area contributed by atoms with E-state index in [1.54, 1.807) is 6.92 Å². The first-order chi connectivity index (χ1) is 7.63. The number of aryl methyl sites for hydroxylation is 1. The zero-order valence-corrected chi connectivity index (χ0v) is 9.83. The van der Waals surface area contributed by atoms with Crippen molar-refractivity contribution in [1.82, 2.24) is 4.98 Å². The quantitative estimate of drug-likeness (QED) is 0.791. The number of aromatic amines is 1. The van der Waals surface area contributed by atoms with E-state index < -0.39 is 12.1 Å². The summed E-state index contributed by atoms with van der Waals surface area (Å²) in [6, 6.07) is 1.87. The second kappa shape index (κ2) is 5.36. The van der Waals surface area contributed by atoms with Crippen LogP contribution in [0.4, 0.5) is 0 Å². The first-order valence-electron chi connectivity index (χ1n) is 5.43. The first-order valence-corrected chi connectivity index (χ1v) is 5.43. The van der Waals surface area contributed by atoms with Crippen molar-refractivity contribution in [2.24, 2.45) is 0 Å². The largest absolute Gasteiger partial charge is 0.443 e. The lowest BCUT2D eigenvalue weighted by molar-refractivity contribution is 0.0428. The van der Waals surface area contributed by atoms with Crippen molar-refractivity contribution in [3.05, 3.63) is 23.0 Å². The summed E-state index contributed by atoms with van der Waals surface area (Å²) in [5.74, 6) is -0.453. The van der Waals surface area contributed by atoms with Gasteiger partial charge in [0.15, 0.2) is 6.10 Å². The number of aromatic nitrogens is 1. The molecule has 0 spiro atoms. The van der Waals surface area contributed by atoms with Crippen molar-refractivity contribution in [3.63, 3.8) is 0 Å². The number of hydrogen-bond acceptors (Lipinski definition) is 3. The molecule has 0 aliphatic rings. The van der Waals surface area contributed by atoms with Gasteiger partial charge in [-0.3, -0.25) is 0 Å². The molecule has 16 heavy (non-hydrogen) atoms. The summed E-state index contributed by atoms with van der Waals surface area (Å²) in [6.07, 6.45) is 2.76. The highest BCUT2D eigenvalue weighted by Gasteiger charge is 2.18. The third-order valence-electron chi connectivity index (χ3n) is 2.48. The van der Waals surface area contributed by atoms with Gasteiger partial charge >= 0.3 is 5.97 Å². The van der Waals surface area contributed by atoms with E-state index in [1.807, 2.05) is 26.1 Å². The van der Waals surface area contributed by atoms with Crippen LogP contribution in [0.5, 0.6) is 0 Å². The lowest BCUT2D eigenvalue weighted by Gasteiger charge is -2.06. The number of nitrogens with one attached hydrogen (secondary N) is 1. The van der Waals surface area contributed by atoms with E-state index in [-0.39, 0.29) is 0 Å². The normalized spacial score (nSPS) is 11.9. The summed E-state index contributed by atoms with van der Waals surface area (Å²) >= 11 is 0. The predicted octanol–water partition coefficient (Wildman–Crippen LogP) is 2.21. The maximum absolute atomic E-state index is 11.7. The number of hydrogen-bond donors (Lipinski definition) is 1. The van der Waals surface area contributed by atoms with Crippen LogP contribution < -0.4 is 0 Å². The fourth-order valence-electron chi connectivity index (χ4n) is 1.64. The Bertz CT molecular complexity index is 415. The molecule has 0 bridgehead atoms. The second-order valence-corrected chi connectivity index (χ2v) is 3.55. The smallest absolute Gasteiger partial charge is 0.356 e. The summed E-state index contributed by atoms with van der Waals surface area (Å²) in [4.78, 5) is 14.6. The molecular formula is C12H16N2O2. The van der Waals surface area contributed by atoms with Crippen LogP contribution in [-0.2, 0) is 17.6 Å². The lowest BCUT2D eigenvalue weighted by Crippen LogP contribution is -2.14. The maximum Gasteiger partial charge on any atom is 0.356 e. The van der Waals surface area contributed by atoms with Gasteiger partial charge < -0.3 is 9.72 Å². The van der Waals surface area contributed by atoms with E-state index in [4.69, 9.17) is 10.00 Å². The molecule has 0 fully saturated rings. The molecule has 1 unspecified atom stereocenters. The summed E-state index contributed by atoms with van der Waals surface area (Å²) in [5.41, 5.74) is 2.58. The minimum atomic E-state index is -0.717. The molecule has 0 radical (unpaired) electrons. The molecule has 4 nitrogen and oxygen atoms in total. The lowest BCUT2D eigenvalue weighted by atomic mass is 10.1. The van der Waals surface area contributed by atoms with Gasteiger partial charge in [-0.05, 0) is 30.9 Å². The minimum absolute atomic E-state index is 0.453. The van der Waals surface area contributed by atoms with Gasteiger partial charge in [0.05, 0.1) is 0 Å². The van der Waals surface area contributed by atoms with Gasteiger partial charge in [-0.25, -0.2) is 4.79 Å². The Morgan fingerprint density at radius 3 is 2.75 bits per heavy atom. The standard InChI is InChI=1S/C12H16N2O2/c1-4-9-7-14-11(10(9)5-2)12(15)16-8(3)6-13/h7-8,14H,4-5H2,1-3H3. The molecule has 1 N–H and O–H groups in total. The third-order valence-corrected chi connectivity index (χ3v) is 2.48. The van der Waals surface area contributed by atoms with Crippen molar-refractivity contribution in [1.29, 1.82) is 5.26 Å². The van der Waals surface area contributed by atoms with E-state index in [1.165, 1.54) is 0 Å². The Morgan fingerprint density at radius 1 is 1.56 bits per heavy atom. The van der Waals surface area contributed by atoms with Crippen LogP contribution in [0.25, 0.3) is 0 Å². The molecule has 1 heterocycles. The van der Waals surface area contributed by atoms with Crippen molar-refractivity contribution in [2.75, 3.05) is 0 Å². The maximum atomic E-state index is 11.7. The van der Waals surface area contributed by atoms with Crippen molar-refractivity contribution < 1.29 is 9.53 Å². The first kappa shape index (κ1) is 12.3. The third kappa shape index (κ3) is 2.43. The number of H-pyrrole nitrogens is 1. The summed E-state index contributed by atoms with van der Waals surface area (Å²) in [7, 11) is 0. The van der Waals surface area contributed by atoms with E-state index in [0.29, 0.717) is 5.69 Å². The fourth-order valence-corrected chi connectivity index (χ4v) is 1.64. The molecule has 1 rings (SSSR count). The second-order valence-electron chi connectivity index (χ2n) is 3.55. The van der Waals surface area contributed by atoms with Gasteiger partial charge in [-0.15, -0.1) is 0 Å². The van der Waals surface area contributed by atoms with E-state index in [9.17, 15) is 4.79 Å². The molecule has 4 heteroatoms. The highest BCUT2D eigenvalue weighted by Crippen LogP contribution is 2.17. The molecule has 1 aromatic heterocycles. The topological polar surface area (TPSA) is 65.9 Å². The van der Waals surface area contributed by atoms with Gasteiger partial charge in [-0.2, -0.15) is 5.26 Å². The average Bonchev–Trinajstić information content (AvgIpc) is 2.71. The molecule has 86 valence electrons. The molecule has 1 aromatic rings. The Labute approximate surface area is 95.2 Å². The number of carbonyl (C=O) groups is 1. The number of nitriles is 1. The minimum Gasteiger partial charge on any atom is -0.443 e. The van der Waals surface area contributed by atoms with Crippen molar-refractivity contribution >= 4 is 5.97 Å². The van der Waals surface area contributed by atoms with Crippen LogP contribution in [0.2, 0.25) is 0 Å². The molecule has 0 aliphatic heterocycles. The zero-order chi connectivity index (χ0) is 12.1. The number of rotatable bonds is 4. The van der Waals surface area contributed by atoms with Crippen LogP contribution in [0.15, 0.2) is 6.20 Å². The summed E-state index contributed by atoms with van der Waals surface area (Å²) in [6.45, 7) is 5.58. The molecular weight excluding hydrogens is 204 g/mol. The molecule has 0 saturated carbocycles. The zero-order valence-electron chi connectivity index (χ0n) is 9.83. The highest BCUT2D eigenvalue weighted by atomic mass is 16.5. The van der Waals surface area contributed by atoms with E-state index in [0.717, 1.165) is 24.0 Å². The highest BCUT2D eigenvalue weighted by molar-refractivity contribution is 5.89. The summed E-state index contributed by atoms with van der Waals surface area (Å²) < 4.78 is 4.95. The molecule has 0 aromatic carbocycles.